The zero-order chi connectivity index (χ0) is 11.4. The molecule has 0 aromatic carbocycles. The molecule has 0 spiro atoms. The van der Waals surface area contributed by atoms with Crippen molar-refractivity contribution < 1.29 is 0 Å². The molecule has 2 aromatic rings. The Bertz CT molecular complexity index is 488. The SMILES string of the molecule is NCCCNc1nc(Cl)cc2nccnc12. The van der Waals surface area contributed by atoms with E-state index in [2.05, 4.69) is 20.3 Å². The Balaban J connectivity index is 2.34. The molecule has 2 aromatic heterocycles. The third-order valence-electron chi connectivity index (χ3n) is 2.10. The van der Waals surface area contributed by atoms with Crippen LogP contribution in [0.4, 0.5) is 5.82 Å². The summed E-state index contributed by atoms with van der Waals surface area (Å²) in [6, 6.07) is 1.69. The fourth-order valence-electron chi connectivity index (χ4n) is 1.37. The number of nitrogens with zero attached hydrogens (tertiary/aromatic N) is 3. The van der Waals surface area contributed by atoms with Crippen LogP contribution in [0.15, 0.2) is 18.5 Å². The molecule has 16 heavy (non-hydrogen) atoms. The first-order valence-electron chi connectivity index (χ1n) is 5.02. The van der Waals surface area contributed by atoms with Gasteiger partial charge in [0.1, 0.15) is 10.7 Å². The first-order valence-corrected chi connectivity index (χ1v) is 5.40. The standard InChI is InChI=1S/C10H12ClN5/c11-8-6-7-9(14-5-4-13-7)10(16-8)15-3-1-2-12/h4-6H,1-3,12H2,(H,15,16). The lowest BCUT2D eigenvalue weighted by molar-refractivity contribution is 0.871. The molecule has 2 heterocycles. The van der Waals surface area contributed by atoms with Crippen LogP contribution in [0.3, 0.4) is 0 Å². The van der Waals surface area contributed by atoms with E-state index >= 15 is 0 Å². The van der Waals surface area contributed by atoms with Gasteiger partial charge < -0.3 is 11.1 Å². The molecule has 0 atom stereocenters. The lowest BCUT2D eigenvalue weighted by Crippen LogP contribution is -2.10. The van der Waals surface area contributed by atoms with E-state index in [1.165, 1.54) is 0 Å². The van der Waals surface area contributed by atoms with E-state index in [1.807, 2.05) is 0 Å². The summed E-state index contributed by atoms with van der Waals surface area (Å²) in [7, 11) is 0. The van der Waals surface area contributed by atoms with Gasteiger partial charge in [-0.1, -0.05) is 11.6 Å². The predicted molar refractivity (Wildman–Crippen MR) is 64.5 cm³/mol. The molecule has 0 aliphatic rings. The number of nitrogens with one attached hydrogen (secondary N) is 1. The van der Waals surface area contributed by atoms with Crippen LogP contribution < -0.4 is 11.1 Å². The first kappa shape index (κ1) is 11.0. The normalized spacial score (nSPS) is 10.6. The van der Waals surface area contributed by atoms with Crippen molar-refractivity contribution in [1.29, 1.82) is 0 Å². The lowest BCUT2D eigenvalue weighted by Gasteiger charge is -2.07. The maximum Gasteiger partial charge on any atom is 0.155 e. The molecule has 6 heteroatoms. The van der Waals surface area contributed by atoms with Crippen molar-refractivity contribution in [2.75, 3.05) is 18.4 Å². The second kappa shape index (κ2) is 5.05. The molecule has 0 aliphatic carbocycles. The molecule has 5 nitrogen and oxygen atoms in total. The van der Waals surface area contributed by atoms with Crippen LogP contribution >= 0.6 is 11.6 Å². The Morgan fingerprint density at radius 1 is 1.31 bits per heavy atom. The van der Waals surface area contributed by atoms with Crippen molar-refractivity contribution in [3.8, 4) is 0 Å². The highest BCUT2D eigenvalue weighted by Crippen LogP contribution is 2.20. The summed E-state index contributed by atoms with van der Waals surface area (Å²) in [6.07, 6.45) is 4.13. The zero-order valence-corrected chi connectivity index (χ0v) is 9.41. The molecule has 0 saturated heterocycles. The number of rotatable bonds is 4. The minimum atomic E-state index is 0.406. The maximum absolute atomic E-state index is 5.89. The van der Waals surface area contributed by atoms with E-state index in [1.54, 1.807) is 18.5 Å². The van der Waals surface area contributed by atoms with E-state index in [0.29, 0.717) is 17.5 Å². The average Bonchev–Trinajstić information content (AvgIpc) is 2.29. The van der Waals surface area contributed by atoms with Gasteiger partial charge >= 0.3 is 0 Å². The van der Waals surface area contributed by atoms with Crippen molar-refractivity contribution in [2.24, 2.45) is 5.73 Å². The smallest absolute Gasteiger partial charge is 0.155 e. The van der Waals surface area contributed by atoms with Gasteiger partial charge in [-0.05, 0) is 13.0 Å². The summed E-state index contributed by atoms with van der Waals surface area (Å²) in [4.78, 5) is 12.6. The van der Waals surface area contributed by atoms with Crippen LogP contribution in [0.25, 0.3) is 11.0 Å². The second-order valence-corrected chi connectivity index (χ2v) is 3.67. The third kappa shape index (κ3) is 2.37. The van der Waals surface area contributed by atoms with E-state index < -0.39 is 0 Å². The first-order chi connectivity index (χ1) is 7.81. The lowest BCUT2D eigenvalue weighted by atomic mass is 10.3. The van der Waals surface area contributed by atoms with Crippen molar-refractivity contribution in [2.45, 2.75) is 6.42 Å². The molecule has 0 amide bonds. The van der Waals surface area contributed by atoms with Crippen LogP contribution in [-0.2, 0) is 0 Å². The topological polar surface area (TPSA) is 76.7 Å². The van der Waals surface area contributed by atoms with E-state index in [0.717, 1.165) is 24.0 Å². The van der Waals surface area contributed by atoms with Crippen LogP contribution in [0.1, 0.15) is 6.42 Å². The molecule has 84 valence electrons. The van der Waals surface area contributed by atoms with Crippen molar-refractivity contribution in [3.63, 3.8) is 0 Å². The van der Waals surface area contributed by atoms with Gasteiger partial charge in [0.2, 0.25) is 0 Å². The number of pyridine rings is 1. The second-order valence-electron chi connectivity index (χ2n) is 3.29. The summed E-state index contributed by atoms with van der Waals surface area (Å²) < 4.78 is 0. The number of nitrogens with two attached hydrogens (primary N) is 1. The van der Waals surface area contributed by atoms with Crippen LogP contribution in [0, 0.1) is 0 Å². The van der Waals surface area contributed by atoms with Gasteiger partial charge in [-0.2, -0.15) is 0 Å². The fourth-order valence-corrected chi connectivity index (χ4v) is 1.56. The van der Waals surface area contributed by atoms with Gasteiger partial charge in [-0.25, -0.2) is 9.97 Å². The zero-order valence-electron chi connectivity index (χ0n) is 8.65. The van der Waals surface area contributed by atoms with Gasteiger partial charge in [0.25, 0.3) is 0 Å². The summed E-state index contributed by atoms with van der Waals surface area (Å²) in [6.45, 7) is 1.38. The average molecular weight is 238 g/mol. The quantitative estimate of drug-likeness (QED) is 0.622. The number of hydrogen-bond donors (Lipinski definition) is 2. The van der Waals surface area contributed by atoms with Crippen LogP contribution in [0.2, 0.25) is 5.15 Å². The minimum absolute atomic E-state index is 0.406. The van der Waals surface area contributed by atoms with Gasteiger partial charge in [0.15, 0.2) is 5.82 Å². The van der Waals surface area contributed by atoms with Crippen molar-refractivity contribution in [1.82, 2.24) is 15.0 Å². The summed E-state index contributed by atoms with van der Waals surface area (Å²) in [5.74, 6) is 0.657. The Morgan fingerprint density at radius 2 is 2.12 bits per heavy atom. The van der Waals surface area contributed by atoms with E-state index in [4.69, 9.17) is 17.3 Å². The van der Waals surface area contributed by atoms with Gasteiger partial charge in [0, 0.05) is 25.0 Å². The van der Waals surface area contributed by atoms with E-state index in [9.17, 15) is 0 Å². The molecule has 0 saturated carbocycles. The number of halogens is 1. The Hall–Kier alpha value is -1.46. The Morgan fingerprint density at radius 3 is 2.94 bits per heavy atom. The Labute approximate surface area is 98.1 Å². The number of anilines is 1. The largest absolute Gasteiger partial charge is 0.368 e. The molecule has 0 radical (unpaired) electrons. The number of hydrogen-bond acceptors (Lipinski definition) is 5. The highest BCUT2D eigenvalue weighted by atomic mass is 35.5. The van der Waals surface area contributed by atoms with Gasteiger partial charge in [0.05, 0.1) is 5.52 Å². The molecule has 0 bridgehead atoms. The summed E-state index contributed by atoms with van der Waals surface area (Å²) >= 11 is 5.89. The van der Waals surface area contributed by atoms with Gasteiger partial charge in [-0.15, -0.1) is 0 Å². The molecular weight excluding hydrogens is 226 g/mol. The highest BCUT2D eigenvalue weighted by Gasteiger charge is 2.06. The van der Waals surface area contributed by atoms with Crippen LogP contribution in [0.5, 0.6) is 0 Å². The maximum atomic E-state index is 5.89. The fraction of sp³-hybridized carbons (Fsp3) is 0.300. The highest BCUT2D eigenvalue weighted by molar-refractivity contribution is 6.30. The molecule has 0 fully saturated rings. The summed E-state index contributed by atoms with van der Waals surface area (Å²) in [5.41, 5.74) is 6.88. The minimum Gasteiger partial charge on any atom is -0.368 e. The Kier molecular flexibility index (Phi) is 3.48. The van der Waals surface area contributed by atoms with Crippen LogP contribution in [-0.4, -0.2) is 28.0 Å². The monoisotopic (exact) mass is 237 g/mol. The molecule has 0 unspecified atom stereocenters. The van der Waals surface area contributed by atoms with E-state index in [-0.39, 0.29) is 0 Å². The van der Waals surface area contributed by atoms with Crippen molar-refractivity contribution in [3.05, 3.63) is 23.6 Å². The van der Waals surface area contributed by atoms with Crippen molar-refractivity contribution >= 4 is 28.5 Å². The molecule has 0 aliphatic heterocycles. The molecular formula is C10H12ClN5. The predicted octanol–water partition coefficient (Wildman–Crippen LogP) is 1.44. The number of fused-ring (bicyclic) bond motifs is 1. The molecule has 2 rings (SSSR count). The summed E-state index contributed by atoms with van der Waals surface area (Å²) in [5, 5.41) is 3.56. The third-order valence-corrected chi connectivity index (χ3v) is 2.29. The molecule has 3 N–H and O–H groups in total. The number of aromatic nitrogens is 3. The van der Waals surface area contributed by atoms with Gasteiger partial charge in [-0.3, -0.25) is 4.98 Å².